The molecule has 1 aromatic carbocycles. The van der Waals surface area contributed by atoms with Gasteiger partial charge in [0.05, 0.1) is 0 Å². The maximum absolute atomic E-state index is 3.58. The van der Waals surface area contributed by atoms with E-state index in [0.717, 1.165) is 19.1 Å². The lowest BCUT2D eigenvalue weighted by Crippen LogP contribution is -2.24. The smallest absolute Gasteiger partial charge is 0.0233 e. The molecule has 0 radical (unpaired) electrons. The molecular weight excluding hydrogens is 232 g/mol. The standard InChI is InChI=1S/C17H28N2/c1-2-19(15-16-9-5-3-6-10-16)14-8-4-7-13-18-17-11-12-17/h3,5-6,9-10,17-18H,2,4,7-8,11-15H2,1H3. The zero-order chi connectivity index (χ0) is 13.3. The summed E-state index contributed by atoms with van der Waals surface area (Å²) < 4.78 is 0. The third-order valence-corrected chi connectivity index (χ3v) is 3.86. The van der Waals surface area contributed by atoms with Crippen molar-refractivity contribution in [2.75, 3.05) is 19.6 Å². The Morgan fingerprint density at radius 3 is 2.58 bits per heavy atom. The molecule has 2 heteroatoms. The molecule has 19 heavy (non-hydrogen) atoms. The van der Waals surface area contributed by atoms with Crippen LogP contribution in [0.25, 0.3) is 0 Å². The first-order valence-electron chi connectivity index (χ1n) is 7.88. The molecule has 1 N–H and O–H groups in total. The second-order valence-electron chi connectivity index (χ2n) is 5.64. The predicted octanol–water partition coefficient (Wildman–Crippen LogP) is 3.43. The second kappa shape index (κ2) is 8.34. The topological polar surface area (TPSA) is 15.3 Å². The fourth-order valence-corrected chi connectivity index (χ4v) is 2.42. The Balaban J connectivity index is 1.54. The highest BCUT2D eigenvalue weighted by molar-refractivity contribution is 5.14. The van der Waals surface area contributed by atoms with Crippen molar-refractivity contribution in [1.82, 2.24) is 10.2 Å². The molecular formula is C17H28N2. The normalized spacial score (nSPS) is 15.1. The van der Waals surface area contributed by atoms with Crippen molar-refractivity contribution >= 4 is 0 Å². The van der Waals surface area contributed by atoms with Crippen LogP contribution in [0.5, 0.6) is 0 Å². The van der Waals surface area contributed by atoms with Crippen molar-refractivity contribution in [3.05, 3.63) is 35.9 Å². The predicted molar refractivity (Wildman–Crippen MR) is 82.3 cm³/mol. The Bertz CT molecular complexity index is 332. The third-order valence-electron chi connectivity index (χ3n) is 3.86. The molecule has 0 atom stereocenters. The number of nitrogens with zero attached hydrogens (tertiary/aromatic N) is 1. The molecule has 1 saturated carbocycles. The van der Waals surface area contributed by atoms with Gasteiger partial charge in [0.2, 0.25) is 0 Å². The monoisotopic (exact) mass is 260 g/mol. The van der Waals surface area contributed by atoms with E-state index >= 15 is 0 Å². The fourth-order valence-electron chi connectivity index (χ4n) is 2.42. The summed E-state index contributed by atoms with van der Waals surface area (Å²) >= 11 is 0. The van der Waals surface area contributed by atoms with Crippen molar-refractivity contribution in [3.63, 3.8) is 0 Å². The third kappa shape index (κ3) is 6.22. The zero-order valence-electron chi connectivity index (χ0n) is 12.3. The highest BCUT2D eigenvalue weighted by atomic mass is 15.1. The largest absolute Gasteiger partial charge is 0.314 e. The molecule has 0 unspecified atom stereocenters. The van der Waals surface area contributed by atoms with Crippen LogP contribution in [-0.2, 0) is 6.54 Å². The summed E-state index contributed by atoms with van der Waals surface area (Å²) in [7, 11) is 0. The first kappa shape index (κ1) is 14.5. The highest BCUT2D eigenvalue weighted by Crippen LogP contribution is 2.18. The number of rotatable bonds is 10. The number of unbranched alkanes of at least 4 members (excludes halogenated alkanes) is 2. The summed E-state index contributed by atoms with van der Waals surface area (Å²) in [4.78, 5) is 2.55. The number of hydrogen-bond donors (Lipinski definition) is 1. The van der Waals surface area contributed by atoms with Crippen LogP contribution in [0.15, 0.2) is 30.3 Å². The van der Waals surface area contributed by atoms with Gasteiger partial charge in [-0.1, -0.05) is 43.7 Å². The van der Waals surface area contributed by atoms with Gasteiger partial charge in [0.15, 0.2) is 0 Å². The molecule has 2 nitrogen and oxygen atoms in total. The summed E-state index contributed by atoms with van der Waals surface area (Å²) in [6.07, 6.45) is 6.82. The van der Waals surface area contributed by atoms with E-state index in [-0.39, 0.29) is 0 Å². The van der Waals surface area contributed by atoms with Crippen LogP contribution in [0.2, 0.25) is 0 Å². The maximum atomic E-state index is 3.58. The average Bonchev–Trinajstić information content (AvgIpc) is 3.26. The van der Waals surface area contributed by atoms with Gasteiger partial charge < -0.3 is 5.32 Å². The van der Waals surface area contributed by atoms with Crippen molar-refractivity contribution < 1.29 is 0 Å². The molecule has 0 spiro atoms. The number of benzene rings is 1. The molecule has 2 rings (SSSR count). The molecule has 0 aromatic heterocycles. The van der Waals surface area contributed by atoms with E-state index in [9.17, 15) is 0 Å². The number of hydrogen-bond acceptors (Lipinski definition) is 2. The van der Waals surface area contributed by atoms with Crippen LogP contribution in [0, 0.1) is 0 Å². The van der Waals surface area contributed by atoms with Gasteiger partial charge in [-0.3, -0.25) is 4.90 Å². The molecule has 106 valence electrons. The number of nitrogens with one attached hydrogen (secondary N) is 1. The van der Waals surface area contributed by atoms with Crippen LogP contribution in [-0.4, -0.2) is 30.6 Å². The Kier molecular flexibility index (Phi) is 6.38. The van der Waals surface area contributed by atoms with Crippen LogP contribution < -0.4 is 5.32 Å². The molecule has 0 amide bonds. The van der Waals surface area contributed by atoms with E-state index in [2.05, 4.69) is 47.5 Å². The van der Waals surface area contributed by atoms with Crippen LogP contribution in [0.1, 0.15) is 44.6 Å². The molecule has 1 aromatic rings. The van der Waals surface area contributed by atoms with E-state index in [0.29, 0.717) is 0 Å². The van der Waals surface area contributed by atoms with Crippen molar-refractivity contribution in [3.8, 4) is 0 Å². The van der Waals surface area contributed by atoms with Crippen LogP contribution >= 0.6 is 0 Å². The first-order valence-corrected chi connectivity index (χ1v) is 7.88. The molecule has 0 aliphatic heterocycles. The van der Waals surface area contributed by atoms with Gasteiger partial charge >= 0.3 is 0 Å². The fraction of sp³-hybridized carbons (Fsp3) is 0.647. The van der Waals surface area contributed by atoms with Gasteiger partial charge in [0.25, 0.3) is 0 Å². The summed E-state index contributed by atoms with van der Waals surface area (Å²) in [6, 6.07) is 11.7. The summed E-state index contributed by atoms with van der Waals surface area (Å²) in [5.74, 6) is 0. The Morgan fingerprint density at radius 2 is 1.89 bits per heavy atom. The van der Waals surface area contributed by atoms with Gasteiger partial charge in [-0.05, 0) is 50.9 Å². The van der Waals surface area contributed by atoms with E-state index < -0.39 is 0 Å². The van der Waals surface area contributed by atoms with Gasteiger partial charge in [-0.15, -0.1) is 0 Å². The summed E-state index contributed by atoms with van der Waals surface area (Å²) in [5.41, 5.74) is 1.43. The SMILES string of the molecule is CCN(CCCCCNC1CC1)Cc1ccccc1. The quantitative estimate of drug-likeness (QED) is 0.648. The molecule has 0 heterocycles. The van der Waals surface area contributed by atoms with Crippen LogP contribution in [0.4, 0.5) is 0 Å². The summed E-state index contributed by atoms with van der Waals surface area (Å²) in [6.45, 7) is 6.95. The van der Waals surface area contributed by atoms with Crippen LogP contribution in [0.3, 0.4) is 0 Å². The van der Waals surface area contributed by atoms with E-state index in [1.807, 2.05) is 0 Å². The molecule has 1 aliphatic carbocycles. The van der Waals surface area contributed by atoms with E-state index in [1.165, 1.54) is 50.8 Å². The lowest BCUT2D eigenvalue weighted by atomic mass is 10.2. The Labute approximate surface area is 118 Å². The van der Waals surface area contributed by atoms with Crippen molar-refractivity contribution in [2.24, 2.45) is 0 Å². The molecule has 0 bridgehead atoms. The van der Waals surface area contributed by atoms with Crippen molar-refractivity contribution in [2.45, 2.75) is 51.6 Å². The molecule has 1 fully saturated rings. The highest BCUT2D eigenvalue weighted by Gasteiger charge is 2.19. The van der Waals surface area contributed by atoms with Gasteiger partial charge in [-0.25, -0.2) is 0 Å². The van der Waals surface area contributed by atoms with Gasteiger partial charge in [-0.2, -0.15) is 0 Å². The van der Waals surface area contributed by atoms with Gasteiger partial charge in [0, 0.05) is 12.6 Å². The summed E-state index contributed by atoms with van der Waals surface area (Å²) in [5, 5.41) is 3.58. The minimum atomic E-state index is 0.866. The average molecular weight is 260 g/mol. The maximum Gasteiger partial charge on any atom is 0.0233 e. The Morgan fingerprint density at radius 1 is 1.11 bits per heavy atom. The minimum absolute atomic E-state index is 0.866. The van der Waals surface area contributed by atoms with E-state index in [1.54, 1.807) is 0 Å². The Hall–Kier alpha value is -0.860. The lowest BCUT2D eigenvalue weighted by Gasteiger charge is -2.20. The minimum Gasteiger partial charge on any atom is -0.314 e. The van der Waals surface area contributed by atoms with E-state index in [4.69, 9.17) is 0 Å². The van der Waals surface area contributed by atoms with Crippen molar-refractivity contribution in [1.29, 1.82) is 0 Å². The second-order valence-corrected chi connectivity index (χ2v) is 5.64. The van der Waals surface area contributed by atoms with Gasteiger partial charge in [0.1, 0.15) is 0 Å². The molecule has 0 saturated heterocycles. The first-order chi connectivity index (χ1) is 9.38. The molecule has 1 aliphatic rings. The lowest BCUT2D eigenvalue weighted by molar-refractivity contribution is 0.272. The zero-order valence-corrected chi connectivity index (χ0v) is 12.3.